The van der Waals surface area contributed by atoms with Gasteiger partial charge in [0.05, 0.1) is 11.3 Å². The van der Waals surface area contributed by atoms with E-state index in [1.807, 2.05) is 42.5 Å². The lowest BCUT2D eigenvalue weighted by molar-refractivity contribution is -0.110. The Morgan fingerprint density at radius 3 is 2.42 bits per heavy atom. The van der Waals surface area contributed by atoms with Crippen molar-refractivity contribution >= 4 is 40.3 Å². The number of piperazine rings is 1. The number of pyridine rings is 1. The van der Waals surface area contributed by atoms with Crippen LogP contribution in [0.4, 0.5) is 17.2 Å². The molecule has 1 aromatic heterocycles. The third-order valence-corrected chi connectivity index (χ3v) is 7.08. The van der Waals surface area contributed by atoms with E-state index in [1.54, 1.807) is 6.07 Å². The van der Waals surface area contributed by atoms with Gasteiger partial charge in [-0.2, -0.15) is 0 Å². The zero-order valence-corrected chi connectivity index (χ0v) is 21.6. The van der Waals surface area contributed by atoms with Crippen molar-refractivity contribution in [1.82, 2.24) is 14.8 Å². The first-order valence-corrected chi connectivity index (χ1v) is 12.7. The Balaban J connectivity index is 1.37. The van der Waals surface area contributed by atoms with Gasteiger partial charge in [0.15, 0.2) is 5.69 Å². The fourth-order valence-corrected chi connectivity index (χ4v) is 4.74. The molecule has 9 nitrogen and oxygen atoms in total. The average Bonchev–Trinajstić information content (AvgIpc) is 3.26. The minimum atomic E-state index is -1.14. The topological polar surface area (TPSA) is 101 Å². The number of carbonyl (C=O) groups is 2. The van der Waals surface area contributed by atoms with Crippen molar-refractivity contribution in [2.24, 2.45) is 0 Å². The number of nitrogens with zero attached hydrogens (tertiary/aromatic N) is 4. The Labute approximate surface area is 222 Å². The Morgan fingerprint density at radius 2 is 1.74 bits per heavy atom. The lowest BCUT2D eigenvalue weighted by Gasteiger charge is -2.33. The zero-order valence-electron chi connectivity index (χ0n) is 21.6. The van der Waals surface area contributed by atoms with Crippen LogP contribution in [0.1, 0.15) is 21.6 Å². The summed E-state index contributed by atoms with van der Waals surface area (Å²) in [5.41, 5.74) is 4.28. The maximum Gasteiger partial charge on any atom is 0.354 e. The molecule has 3 N–H and O–H groups in total. The number of fused-ring (bicyclic) bond motifs is 1. The Bertz CT molecular complexity index is 1350. The molecular weight excluding hydrogens is 480 g/mol. The van der Waals surface area contributed by atoms with E-state index in [0.29, 0.717) is 16.8 Å². The van der Waals surface area contributed by atoms with Crippen molar-refractivity contribution in [3.05, 3.63) is 83.6 Å². The maximum absolute atomic E-state index is 13.1. The molecule has 3 aromatic rings. The SMILES string of the molecule is CN1CCN(CCN(C)c2ccc(NC(=C3C(=O)Nc4nc(C(=O)O)ccc43)c3ccccc3)cc2)CC1. The van der Waals surface area contributed by atoms with Gasteiger partial charge in [-0.05, 0) is 49.0 Å². The van der Waals surface area contributed by atoms with E-state index < -0.39 is 5.97 Å². The standard InChI is InChI=1S/C29H32N6O3/c1-33-14-17-35(18-15-33)19-16-34(2)22-10-8-21(9-11-22)30-26(20-6-4-3-5-7-20)25-23-12-13-24(29(37)38)31-27(23)32-28(25)36/h3-13,30H,14-19H2,1-2H3,(H,37,38)(H,31,32,36). The lowest BCUT2D eigenvalue weighted by Crippen LogP contribution is -2.46. The number of carboxylic acid groups (broad SMARTS) is 1. The molecule has 0 spiro atoms. The van der Waals surface area contributed by atoms with Gasteiger partial charge in [0.25, 0.3) is 5.91 Å². The third kappa shape index (κ3) is 5.53. The zero-order chi connectivity index (χ0) is 26.6. The molecule has 38 heavy (non-hydrogen) atoms. The Hall–Kier alpha value is -4.21. The average molecular weight is 513 g/mol. The molecule has 2 aromatic carbocycles. The highest BCUT2D eigenvalue weighted by Gasteiger charge is 2.30. The fraction of sp³-hybridized carbons (Fsp3) is 0.276. The monoisotopic (exact) mass is 512 g/mol. The van der Waals surface area contributed by atoms with Crippen LogP contribution >= 0.6 is 0 Å². The molecule has 3 heterocycles. The van der Waals surface area contributed by atoms with Crippen molar-refractivity contribution in [3.63, 3.8) is 0 Å². The minimum Gasteiger partial charge on any atom is -0.477 e. The maximum atomic E-state index is 13.1. The number of rotatable bonds is 8. The second-order valence-corrected chi connectivity index (χ2v) is 9.71. The van der Waals surface area contributed by atoms with E-state index in [4.69, 9.17) is 0 Å². The number of benzene rings is 2. The van der Waals surface area contributed by atoms with Crippen LogP contribution in [-0.4, -0.2) is 85.1 Å². The summed E-state index contributed by atoms with van der Waals surface area (Å²) in [7, 11) is 4.27. The van der Waals surface area contributed by atoms with Gasteiger partial charge in [0.1, 0.15) is 5.82 Å². The number of likely N-dealkylation sites (N-methyl/N-ethyl adjacent to an activating group) is 2. The quantitative estimate of drug-likeness (QED) is 0.395. The Morgan fingerprint density at radius 1 is 1.03 bits per heavy atom. The van der Waals surface area contributed by atoms with E-state index in [0.717, 1.165) is 56.2 Å². The number of carbonyl (C=O) groups excluding carboxylic acids is 1. The number of hydrogen-bond acceptors (Lipinski definition) is 7. The van der Waals surface area contributed by atoms with Gasteiger partial charge in [0.2, 0.25) is 0 Å². The van der Waals surface area contributed by atoms with E-state index in [1.165, 1.54) is 6.07 Å². The molecule has 196 valence electrons. The molecule has 5 rings (SSSR count). The van der Waals surface area contributed by atoms with Crippen molar-refractivity contribution in [2.45, 2.75) is 0 Å². The van der Waals surface area contributed by atoms with Crippen molar-refractivity contribution < 1.29 is 14.7 Å². The summed E-state index contributed by atoms with van der Waals surface area (Å²) in [6.07, 6.45) is 0. The van der Waals surface area contributed by atoms with Crippen LogP contribution in [0.5, 0.6) is 0 Å². The summed E-state index contributed by atoms with van der Waals surface area (Å²) in [6, 6.07) is 20.8. The molecule has 2 aliphatic rings. The summed E-state index contributed by atoms with van der Waals surface area (Å²) in [5, 5.41) is 15.5. The molecule has 1 fully saturated rings. The normalized spacial score (nSPS) is 17.1. The largest absolute Gasteiger partial charge is 0.477 e. The molecule has 9 heteroatoms. The highest BCUT2D eigenvalue weighted by molar-refractivity contribution is 6.37. The number of hydrogen-bond donors (Lipinski definition) is 3. The third-order valence-electron chi connectivity index (χ3n) is 7.08. The van der Waals surface area contributed by atoms with Crippen LogP contribution in [0.3, 0.4) is 0 Å². The lowest BCUT2D eigenvalue weighted by atomic mass is 10.0. The summed E-state index contributed by atoms with van der Waals surface area (Å²) in [5.74, 6) is -1.23. The molecular formula is C29H32N6O3. The van der Waals surface area contributed by atoms with Crippen LogP contribution in [0, 0.1) is 0 Å². The van der Waals surface area contributed by atoms with Gasteiger partial charge in [-0.15, -0.1) is 0 Å². The van der Waals surface area contributed by atoms with Crippen molar-refractivity contribution in [2.75, 3.05) is 68.9 Å². The first kappa shape index (κ1) is 25.4. The predicted octanol–water partition coefficient (Wildman–Crippen LogP) is 3.40. The van der Waals surface area contributed by atoms with Gasteiger partial charge >= 0.3 is 5.97 Å². The molecule has 1 amide bonds. The molecule has 0 unspecified atom stereocenters. The van der Waals surface area contributed by atoms with Gasteiger partial charge in [0, 0.05) is 63.3 Å². The minimum absolute atomic E-state index is 0.119. The summed E-state index contributed by atoms with van der Waals surface area (Å²) < 4.78 is 0. The summed E-state index contributed by atoms with van der Waals surface area (Å²) >= 11 is 0. The van der Waals surface area contributed by atoms with Crippen LogP contribution in [0.15, 0.2) is 66.7 Å². The van der Waals surface area contributed by atoms with Crippen LogP contribution < -0.4 is 15.5 Å². The fourth-order valence-electron chi connectivity index (χ4n) is 4.74. The predicted molar refractivity (Wildman–Crippen MR) is 150 cm³/mol. The van der Waals surface area contributed by atoms with Crippen LogP contribution in [0.25, 0.3) is 11.3 Å². The van der Waals surface area contributed by atoms with Crippen molar-refractivity contribution in [1.29, 1.82) is 0 Å². The molecule has 1 saturated heterocycles. The molecule has 0 saturated carbocycles. The van der Waals surface area contributed by atoms with E-state index in [-0.39, 0.29) is 17.4 Å². The van der Waals surface area contributed by atoms with Crippen molar-refractivity contribution in [3.8, 4) is 0 Å². The van der Waals surface area contributed by atoms with E-state index >= 15 is 0 Å². The summed E-state index contributed by atoms with van der Waals surface area (Å²) in [6.45, 7) is 6.41. The van der Waals surface area contributed by atoms with Crippen LogP contribution in [-0.2, 0) is 4.79 Å². The molecule has 2 aliphatic heterocycles. The van der Waals surface area contributed by atoms with Gasteiger partial charge in [-0.3, -0.25) is 9.69 Å². The number of aromatic nitrogens is 1. The highest BCUT2D eigenvalue weighted by atomic mass is 16.4. The molecule has 0 bridgehead atoms. The van der Waals surface area contributed by atoms with Gasteiger partial charge < -0.3 is 25.5 Å². The molecule has 0 radical (unpaired) electrons. The second kappa shape index (κ2) is 11.0. The first-order valence-electron chi connectivity index (χ1n) is 12.7. The highest BCUT2D eigenvalue weighted by Crippen LogP contribution is 2.36. The number of nitrogens with one attached hydrogen (secondary N) is 2. The van der Waals surface area contributed by atoms with Gasteiger partial charge in [-0.25, -0.2) is 9.78 Å². The first-order chi connectivity index (χ1) is 18.4. The van der Waals surface area contributed by atoms with Gasteiger partial charge in [-0.1, -0.05) is 30.3 Å². The van der Waals surface area contributed by atoms with E-state index in [9.17, 15) is 14.7 Å². The number of amides is 1. The number of carboxylic acids is 1. The smallest absolute Gasteiger partial charge is 0.354 e. The molecule has 0 atom stereocenters. The van der Waals surface area contributed by atoms with E-state index in [2.05, 4.69) is 56.5 Å². The Kier molecular flexibility index (Phi) is 7.39. The summed E-state index contributed by atoms with van der Waals surface area (Å²) in [4.78, 5) is 35.7. The molecule has 0 aliphatic carbocycles. The number of aromatic carboxylic acids is 1. The second-order valence-electron chi connectivity index (χ2n) is 9.71. The number of anilines is 3. The van der Waals surface area contributed by atoms with Crippen LogP contribution in [0.2, 0.25) is 0 Å².